The summed E-state index contributed by atoms with van der Waals surface area (Å²) >= 11 is 0. The molecule has 0 saturated heterocycles. The summed E-state index contributed by atoms with van der Waals surface area (Å²) in [4.78, 5) is 25.6. The molecule has 1 N–H and O–H groups in total. The number of unbranched alkanes of at least 4 members (excludes halogenated alkanes) is 1. The molecule has 1 aromatic carbocycles. The van der Waals surface area contributed by atoms with Gasteiger partial charge in [0.25, 0.3) is 5.91 Å². The van der Waals surface area contributed by atoms with E-state index in [1.54, 1.807) is 12.0 Å². The second-order valence-electron chi connectivity index (χ2n) is 9.90. The van der Waals surface area contributed by atoms with E-state index in [4.69, 9.17) is 14.7 Å². The number of benzene rings is 1. The molecule has 0 aliphatic carbocycles. The number of hydrogen-bond acceptors (Lipinski definition) is 6. The van der Waals surface area contributed by atoms with Gasteiger partial charge in [-0.3, -0.25) is 9.48 Å². The molecular formula is C31H40N6O2. The molecule has 0 saturated carbocycles. The standard InChI is InChI=1S/C31H40N6O2/c1-7-10-15-32-28-13-14-29(34-26(28)8-2)30-17-25(24-16-22(20-39-6)11-12-27(24)35-30)31(38)36(5)19-23-18-33-37(9-3)21(23)4/h11-14,16-18,32H,7-10,15,19-20H2,1-6H3. The number of ether oxygens (including phenoxy) is 1. The first kappa shape index (κ1) is 28.2. The van der Waals surface area contributed by atoms with Gasteiger partial charge in [0.1, 0.15) is 0 Å². The van der Waals surface area contributed by atoms with Crippen molar-refractivity contribution in [2.75, 3.05) is 26.0 Å². The highest BCUT2D eigenvalue weighted by Gasteiger charge is 2.20. The van der Waals surface area contributed by atoms with E-state index in [0.717, 1.165) is 77.2 Å². The molecule has 0 radical (unpaired) electrons. The number of nitrogens with zero attached hydrogens (tertiary/aromatic N) is 5. The largest absolute Gasteiger partial charge is 0.384 e. The first-order valence-corrected chi connectivity index (χ1v) is 13.8. The second kappa shape index (κ2) is 12.8. The SMILES string of the molecule is CCCCNc1ccc(-c2cc(C(=O)N(C)Cc3cnn(CC)c3C)c3cc(COC)ccc3n2)nc1CC. The molecule has 4 aromatic rings. The molecule has 8 nitrogen and oxygen atoms in total. The van der Waals surface area contributed by atoms with Gasteiger partial charge in [-0.1, -0.05) is 26.3 Å². The minimum atomic E-state index is -0.0737. The van der Waals surface area contributed by atoms with Crippen LogP contribution in [-0.2, 0) is 30.9 Å². The summed E-state index contributed by atoms with van der Waals surface area (Å²) < 4.78 is 7.30. The number of nitrogens with one attached hydrogen (secondary N) is 1. The predicted octanol–water partition coefficient (Wildman–Crippen LogP) is 6.01. The Labute approximate surface area is 231 Å². The van der Waals surface area contributed by atoms with E-state index in [1.165, 1.54) is 0 Å². The highest BCUT2D eigenvalue weighted by molar-refractivity contribution is 6.07. The van der Waals surface area contributed by atoms with Crippen LogP contribution in [0.15, 0.2) is 42.6 Å². The van der Waals surface area contributed by atoms with Gasteiger partial charge in [-0.15, -0.1) is 0 Å². The van der Waals surface area contributed by atoms with E-state index >= 15 is 0 Å². The van der Waals surface area contributed by atoms with Crippen LogP contribution in [0.3, 0.4) is 0 Å². The molecule has 39 heavy (non-hydrogen) atoms. The molecule has 3 heterocycles. The molecule has 4 rings (SSSR count). The van der Waals surface area contributed by atoms with Crippen LogP contribution in [0.5, 0.6) is 0 Å². The van der Waals surface area contributed by atoms with Crippen molar-refractivity contribution in [3.63, 3.8) is 0 Å². The average Bonchev–Trinajstić information content (AvgIpc) is 3.31. The zero-order valence-corrected chi connectivity index (χ0v) is 24.0. The van der Waals surface area contributed by atoms with Crippen molar-refractivity contribution >= 4 is 22.5 Å². The minimum Gasteiger partial charge on any atom is -0.384 e. The Morgan fingerprint density at radius 1 is 1.08 bits per heavy atom. The zero-order valence-electron chi connectivity index (χ0n) is 24.0. The van der Waals surface area contributed by atoms with Crippen molar-refractivity contribution in [3.05, 3.63) is 70.7 Å². The van der Waals surface area contributed by atoms with Gasteiger partial charge in [-0.05, 0) is 62.6 Å². The van der Waals surface area contributed by atoms with Gasteiger partial charge in [-0.2, -0.15) is 5.10 Å². The van der Waals surface area contributed by atoms with E-state index in [1.807, 2.05) is 55.2 Å². The minimum absolute atomic E-state index is 0.0737. The number of anilines is 1. The number of carbonyl (C=O) groups is 1. The number of carbonyl (C=O) groups excluding carboxylic acids is 1. The molecule has 0 bridgehead atoms. The maximum Gasteiger partial charge on any atom is 0.254 e. The monoisotopic (exact) mass is 528 g/mol. The van der Waals surface area contributed by atoms with E-state index in [0.29, 0.717) is 24.4 Å². The fraction of sp³-hybridized carbons (Fsp3) is 0.419. The van der Waals surface area contributed by atoms with Crippen LogP contribution in [0.2, 0.25) is 0 Å². The van der Waals surface area contributed by atoms with Crippen molar-refractivity contribution in [1.82, 2.24) is 24.6 Å². The third-order valence-corrected chi connectivity index (χ3v) is 7.09. The lowest BCUT2D eigenvalue weighted by molar-refractivity contribution is 0.0787. The Kier molecular flexibility index (Phi) is 9.30. The molecule has 0 aliphatic heterocycles. The Bertz CT molecular complexity index is 1440. The molecule has 8 heteroatoms. The lowest BCUT2D eigenvalue weighted by Gasteiger charge is -2.19. The van der Waals surface area contributed by atoms with Crippen LogP contribution in [0.25, 0.3) is 22.3 Å². The van der Waals surface area contributed by atoms with Gasteiger partial charge in [0.2, 0.25) is 0 Å². The summed E-state index contributed by atoms with van der Waals surface area (Å²) in [6.45, 7) is 11.0. The third-order valence-electron chi connectivity index (χ3n) is 7.09. The summed E-state index contributed by atoms with van der Waals surface area (Å²) in [5, 5.41) is 8.76. The number of aromatic nitrogens is 4. The van der Waals surface area contributed by atoms with Crippen molar-refractivity contribution in [2.45, 2.75) is 66.7 Å². The fourth-order valence-electron chi connectivity index (χ4n) is 4.80. The first-order valence-electron chi connectivity index (χ1n) is 13.8. The maximum atomic E-state index is 13.9. The first-order chi connectivity index (χ1) is 18.9. The van der Waals surface area contributed by atoms with Crippen LogP contribution in [-0.4, -0.2) is 51.3 Å². The lowest BCUT2D eigenvalue weighted by Crippen LogP contribution is -2.27. The lowest BCUT2D eigenvalue weighted by atomic mass is 10.0. The van der Waals surface area contributed by atoms with Crippen molar-refractivity contribution in [1.29, 1.82) is 0 Å². The van der Waals surface area contributed by atoms with Crippen molar-refractivity contribution in [3.8, 4) is 11.4 Å². The van der Waals surface area contributed by atoms with Crippen LogP contribution in [0.4, 0.5) is 5.69 Å². The molecule has 206 valence electrons. The second-order valence-corrected chi connectivity index (χ2v) is 9.90. The van der Waals surface area contributed by atoms with E-state index in [-0.39, 0.29) is 5.91 Å². The van der Waals surface area contributed by atoms with Crippen LogP contribution >= 0.6 is 0 Å². The molecule has 0 aliphatic rings. The summed E-state index contributed by atoms with van der Waals surface area (Å²) in [6.07, 6.45) is 4.90. The molecule has 1 amide bonds. The van der Waals surface area contributed by atoms with E-state index < -0.39 is 0 Å². The summed E-state index contributed by atoms with van der Waals surface area (Å²) in [5.41, 5.74) is 7.94. The summed E-state index contributed by atoms with van der Waals surface area (Å²) in [5.74, 6) is -0.0737. The average molecular weight is 529 g/mol. The topological polar surface area (TPSA) is 85.2 Å². The number of pyridine rings is 2. The summed E-state index contributed by atoms with van der Waals surface area (Å²) in [7, 11) is 3.50. The van der Waals surface area contributed by atoms with Gasteiger partial charge < -0.3 is 15.0 Å². The normalized spacial score (nSPS) is 11.2. The van der Waals surface area contributed by atoms with Crippen LogP contribution in [0, 0.1) is 6.92 Å². The predicted molar refractivity (Wildman–Crippen MR) is 157 cm³/mol. The number of rotatable bonds is 12. The molecule has 0 atom stereocenters. The van der Waals surface area contributed by atoms with Gasteiger partial charge in [0, 0.05) is 50.4 Å². The molecule has 3 aromatic heterocycles. The Balaban J connectivity index is 1.75. The Morgan fingerprint density at radius 3 is 2.59 bits per heavy atom. The summed E-state index contributed by atoms with van der Waals surface area (Å²) in [6, 6.07) is 11.9. The third kappa shape index (κ3) is 6.28. The highest BCUT2D eigenvalue weighted by Crippen LogP contribution is 2.28. The Hall–Kier alpha value is -3.78. The van der Waals surface area contributed by atoms with Crippen molar-refractivity contribution < 1.29 is 9.53 Å². The number of aryl methyl sites for hydroxylation is 2. The number of methoxy groups -OCH3 is 1. The highest BCUT2D eigenvalue weighted by atomic mass is 16.5. The maximum absolute atomic E-state index is 13.9. The van der Waals surface area contributed by atoms with E-state index in [2.05, 4.69) is 37.3 Å². The van der Waals surface area contributed by atoms with Gasteiger partial charge in [0.05, 0.1) is 46.7 Å². The molecular weight excluding hydrogens is 488 g/mol. The quantitative estimate of drug-likeness (QED) is 0.227. The van der Waals surface area contributed by atoms with Gasteiger partial charge in [0.15, 0.2) is 0 Å². The smallest absolute Gasteiger partial charge is 0.254 e. The van der Waals surface area contributed by atoms with E-state index in [9.17, 15) is 4.79 Å². The molecule has 0 unspecified atom stereocenters. The van der Waals surface area contributed by atoms with Gasteiger partial charge >= 0.3 is 0 Å². The molecule has 0 spiro atoms. The van der Waals surface area contributed by atoms with Gasteiger partial charge in [-0.25, -0.2) is 9.97 Å². The molecule has 0 fully saturated rings. The van der Waals surface area contributed by atoms with Crippen molar-refractivity contribution in [2.24, 2.45) is 0 Å². The van der Waals surface area contributed by atoms with Crippen LogP contribution < -0.4 is 5.32 Å². The number of hydrogen-bond donors (Lipinski definition) is 1. The zero-order chi connectivity index (χ0) is 27.9. The van der Waals surface area contributed by atoms with Crippen LogP contribution in [0.1, 0.15) is 66.5 Å². The number of amides is 1. The fourth-order valence-corrected chi connectivity index (χ4v) is 4.80. The number of fused-ring (bicyclic) bond motifs is 1. The Morgan fingerprint density at radius 2 is 1.90 bits per heavy atom.